The Labute approximate surface area is 117 Å². The monoisotopic (exact) mass is 265 g/mol. The largest absolute Gasteiger partial charge is 0.438 e. The Kier molecular flexibility index (Phi) is 3.46. The molecule has 1 aromatic heterocycles. The predicted octanol–water partition coefficient (Wildman–Crippen LogP) is 3.85. The third-order valence-electron chi connectivity index (χ3n) is 2.93. The molecule has 4 nitrogen and oxygen atoms in total. The summed E-state index contributed by atoms with van der Waals surface area (Å²) in [5, 5.41) is 5.28. The Balaban J connectivity index is 1.95. The van der Waals surface area contributed by atoms with Crippen molar-refractivity contribution in [1.82, 2.24) is 9.97 Å². The summed E-state index contributed by atoms with van der Waals surface area (Å²) < 4.78 is 5.89. The molecule has 0 saturated carbocycles. The number of anilines is 1. The van der Waals surface area contributed by atoms with Gasteiger partial charge in [-0.25, -0.2) is 4.98 Å². The van der Waals surface area contributed by atoms with Crippen molar-refractivity contribution in [1.29, 1.82) is 0 Å². The quantitative estimate of drug-likeness (QED) is 0.778. The number of benzene rings is 2. The fourth-order valence-electron chi connectivity index (χ4n) is 2.04. The van der Waals surface area contributed by atoms with Crippen molar-refractivity contribution in [3.05, 3.63) is 54.7 Å². The molecule has 3 rings (SSSR count). The Hall–Kier alpha value is -2.62. The van der Waals surface area contributed by atoms with Crippen LogP contribution in [0.2, 0.25) is 0 Å². The van der Waals surface area contributed by atoms with Crippen LogP contribution >= 0.6 is 0 Å². The molecule has 100 valence electrons. The molecule has 0 fully saturated rings. The van der Waals surface area contributed by atoms with E-state index in [4.69, 9.17) is 4.74 Å². The Morgan fingerprint density at radius 1 is 1.05 bits per heavy atom. The summed E-state index contributed by atoms with van der Waals surface area (Å²) in [6.07, 6.45) is 1.69. The van der Waals surface area contributed by atoms with Crippen LogP contribution in [0.5, 0.6) is 11.6 Å². The van der Waals surface area contributed by atoms with Gasteiger partial charge in [-0.15, -0.1) is 0 Å². The predicted molar refractivity (Wildman–Crippen MR) is 80.2 cm³/mol. The number of ether oxygens (including phenoxy) is 1. The number of aromatic nitrogens is 2. The second kappa shape index (κ2) is 5.57. The Bertz CT molecular complexity index is 722. The molecule has 0 unspecified atom stereocenters. The van der Waals surface area contributed by atoms with Crippen LogP contribution in [0, 0.1) is 0 Å². The van der Waals surface area contributed by atoms with E-state index in [1.54, 1.807) is 12.3 Å². The molecular weight excluding hydrogens is 250 g/mol. The molecular formula is C16H15N3O. The van der Waals surface area contributed by atoms with E-state index in [9.17, 15) is 0 Å². The SMILES string of the molecule is CCNc1nccc(Oc2cccc3ccccc23)n1. The number of nitrogens with one attached hydrogen (secondary N) is 1. The number of fused-ring (bicyclic) bond motifs is 1. The molecule has 4 heteroatoms. The van der Waals surface area contributed by atoms with E-state index in [1.807, 2.05) is 37.3 Å². The summed E-state index contributed by atoms with van der Waals surface area (Å²) in [4.78, 5) is 8.45. The van der Waals surface area contributed by atoms with Crippen LogP contribution in [0.4, 0.5) is 5.95 Å². The van der Waals surface area contributed by atoms with Crippen LogP contribution in [0.1, 0.15) is 6.92 Å². The lowest BCUT2D eigenvalue weighted by molar-refractivity contribution is 0.467. The molecule has 1 N–H and O–H groups in total. The van der Waals surface area contributed by atoms with Crippen molar-refractivity contribution in [2.75, 3.05) is 11.9 Å². The minimum atomic E-state index is 0.535. The van der Waals surface area contributed by atoms with E-state index < -0.39 is 0 Å². The van der Waals surface area contributed by atoms with E-state index >= 15 is 0 Å². The highest BCUT2D eigenvalue weighted by Gasteiger charge is 2.04. The zero-order valence-electron chi connectivity index (χ0n) is 11.2. The summed E-state index contributed by atoms with van der Waals surface area (Å²) in [5.41, 5.74) is 0. The highest BCUT2D eigenvalue weighted by Crippen LogP contribution is 2.28. The van der Waals surface area contributed by atoms with E-state index in [1.165, 1.54) is 0 Å². The second-order valence-electron chi connectivity index (χ2n) is 4.33. The van der Waals surface area contributed by atoms with Gasteiger partial charge in [0.15, 0.2) is 0 Å². The first-order valence-electron chi connectivity index (χ1n) is 6.59. The lowest BCUT2D eigenvalue weighted by atomic mass is 10.1. The van der Waals surface area contributed by atoms with Crippen molar-refractivity contribution in [3.63, 3.8) is 0 Å². The van der Waals surface area contributed by atoms with Gasteiger partial charge in [-0.3, -0.25) is 0 Å². The van der Waals surface area contributed by atoms with Crippen molar-refractivity contribution < 1.29 is 4.74 Å². The van der Waals surface area contributed by atoms with Crippen LogP contribution in [-0.2, 0) is 0 Å². The molecule has 2 aromatic carbocycles. The first-order valence-corrected chi connectivity index (χ1v) is 6.59. The maximum atomic E-state index is 5.89. The third kappa shape index (κ3) is 2.54. The fourth-order valence-corrected chi connectivity index (χ4v) is 2.04. The van der Waals surface area contributed by atoms with Gasteiger partial charge in [-0.1, -0.05) is 36.4 Å². The van der Waals surface area contributed by atoms with Crippen LogP contribution in [0.3, 0.4) is 0 Å². The topological polar surface area (TPSA) is 47.0 Å². The normalized spacial score (nSPS) is 10.4. The summed E-state index contributed by atoms with van der Waals surface area (Å²) >= 11 is 0. The number of rotatable bonds is 4. The van der Waals surface area contributed by atoms with E-state index in [2.05, 4.69) is 27.4 Å². The van der Waals surface area contributed by atoms with Crippen molar-refractivity contribution in [2.24, 2.45) is 0 Å². The molecule has 20 heavy (non-hydrogen) atoms. The van der Waals surface area contributed by atoms with Crippen molar-refractivity contribution in [2.45, 2.75) is 6.92 Å². The molecule has 0 aliphatic rings. The molecule has 1 heterocycles. The van der Waals surface area contributed by atoms with E-state index in [0.29, 0.717) is 11.8 Å². The number of hydrogen-bond acceptors (Lipinski definition) is 4. The van der Waals surface area contributed by atoms with Gasteiger partial charge in [-0.05, 0) is 18.4 Å². The summed E-state index contributed by atoms with van der Waals surface area (Å²) in [6.45, 7) is 2.78. The fraction of sp³-hybridized carbons (Fsp3) is 0.125. The Morgan fingerprint density at radius 3 is 2.80 bits per heavy atom. The summed E-state index contributed by atoms with van der Waals surface area (Å²) in [7, 11) is 0. The minimum Gasteiger partial charge on any atom is -0.438 e. The van der Waals surface area contributed by atoms with Gasteiger partial charge in [0.25, 0.3) is 0 Å². The van der Waals surface area contributed by atoms with E-state index in [0.717, 1.165) is 23.1 Å². The highest BCUT2D eigenvalue weighted by molar-refractivity contribution is 5.88. The smallest absolute Gasteiger partial charge is 0.225 e. The van der Waals surface area contributed by atoms with Crippen LogP contribution in [0.15, 0.2) is 54.7 Å². The molecule has 0 aliphatic heterocycles. The average Bonchev–Trinajstić information content (AvgIpc) is 2.48. The van der Waals surface area contributed by atoms with Crippen LogP contribution < -0.4 is 10.1 Å². The first-order chi connectivity index (χ1) is 9.86. The van der Waals surface area contributed by atoms with Crippen molar-refractivity contribution in [3.8, 4) is 11.6 Å². The van der Waals surface area contributed by atoms with Crippen molar-refractivity contribution >= 4 is 16.7 Å². The number of hydrogen-bond donors (Lipinski definition) is 1. The van der Waals surface area contributed by atoms with Gasteiger partial charge in [0, 0.05) is 24.2 Å². The number of nitrogens with zero attached hydrogens (tertiary/aromatic N) is 2. The molecule has 0 atom stereocenters. The summed E-state index contributed by atoms with van der Waals surface area (Å²) in [5.74, 6) is 1.90. The molecule has 0 spiro atoms. The summed E-state index contributed by atoms with van der Waals surface area (Å²) in [6, 6.07) is 15.8. The van der Waals surface area contributed by atoms with Gasteiger partial charge >= 0.3 is 0 Å². The zero-order valence-corrected chi connectivity index (χ0v) is 11.2. The molecule has 0 amide bonds. The van der Waals surface area contributed by atoms with Gasteiger partial charge < -0.3 is 10.1 Å². The van der Waals surface area contributed by atoms with Crippen LogP contribution in [0.25, 0.3) is 10.8 Å². The molecule has 0 saturated heterocycles. The van der Waals surface area contributed by atoms with Gasteiger partial charge in [0.1, 0.15) is 5.75 Å². The van der Waals surface area contributed by atoms with E-state index in [-0.39, 0.29) is 0 Å². The maximum Gasteiger partial charge on any atom is 0.225 e. The van der Waals surface area contributed by atoms with Gasteiger partial charge in [0.05, 0.1) is 0 Å². The second-order valence-corrected chi connectivity index (χ2v) is 4.33. The molecule has 0 radical (unpaired) electrons. The molecule has 0 aliphatic carbocycles. The minimum absolute atomic E-state index is 0.535. The first kappa shape index (κ1) is 12.4. The molecule has 3 aromatic rings. The lowest BCUT2D eigenvalue weighted by Gasteiger charge is -2.09. The third-order valence-corrected chi connectivity index (χ3v) is 2.93. The maximum absolute atomic E-state index is 5.89. The van der Waals surface area contributed by atoms with Crippen LogP contribution in [-0.4, -0.2) is 16.5 Å². The lowest BCUT2D eigenvalue weighted by Crippen LogP contribution is -2.02. The molecule has 0 bridgehead atoms. The van der Waals surface area contributed by atoms with Gasteiger partial charge in [-0.2, -0.15) is 4.98 Å². The standard InChI is InChI=1S/C16H15N3O/c1-2-17-16-18-11-10-15(19-16)20-14-9-5-7-12-6-3-4-8-13(12)14/h3-11H,2H2,1H3,(H,17,18,19). The highest BCUT2D eigenvalue weighted by atomic mass is 16.5. The zero-order chi connectivity index (χ0) is 13.8. The Morgan fingerprint density at radius 2 is 1.90 bits per heavy atom. The average molecular weight is 265 g/mol. The van der Waals surface area contributed by atoms with Gasteiger partial charge in [0.2, 0.25) is 11.8 Å².